The molecule has 0 atom stereocenters. The summed E-state index contributed by atoms with van der Waals surface area (Å²) in [7, 11) is 0. The van der Waals surface area contributed by atoms with E-state index in [9.17, 15) is 9.59 Å². The van der Waals surface area contributed by atoms with Crippen LogP contribution in [0.25, 0.3) is 10.2 Å². The van der Waals surface area contributed by atoms with E-state index in [-0.39, 0.29) is 62.8 Å². The van der Waals surface area contributed by atoms with E-state index >= 15 is 0 Å². The van der Waals surface area contributed by atoms with E-state index in [0.717, 1.165) is 11.3 Å². The molecule has 0 saturated carbocycles. The van der Waals surface area contributed by atoms with E-state index in [1.54, 1.807) is 18.2 Å². The normalized spacial score (nSPS) is 10.1. The number of fused-ring (bicyclic) bond motifs is 1. The number of halogens is 1. The number of rotatable bonds is 2. The first kappa shape index (κ1) is 14.4. The van der Waals surface area contributed by atoms with E-state index in [4.69, 9.17) is 16.7 Å². The van der Waals surface area contributed by atoms with Crippen molar-refractivity contribution in [1.82, 2.24) is 4.57 Å². The Labute approximate surface area is 142 Å². The Kier molecular flexibility index (Phi) is 5.18. The molecule has 0 aliphatic heterocycles. The second kappa shape index (κ2) is 5.77. The number of aliphatic carboxylic acids is 1. The molecule has 0 amide bonds. The summed E-state index contributed by atoms with van der Waals surface area (Å²) in [5.41, 5.74) is 0.497. The molecule has 1 heterocycles. The maximum atomic E-state index is 11.5. The third-order valence-corrected chi connectivity index (χ3v) is 3.18. The van der Waals surface area contributed by atoms with Gasteiger partial charge in [0.25, 0.3) is 0 Å². The zero-order chi connectivity index (χ0) is 11.0. The van der Waals surface area contributed by atoms with Gasteiger partial charge in [-0.3, -0.25) is 14.2 Å². The monoisotopic (exact) mass is 283 g/mol. The van der Waals surface area contributed by atoms with Crippen molar-refractivity contribution in [2.24, 2.45) is 0 Å². The minimum absolute atomic E-state index is 0. The molecule has 0 spiro atoms. The number of para-hydroxylation sites is 1. The molecule has 0 radical (unpaired) electrons. The molecule has 0 aliphatic rings. The summed E-state index contributed by atoms with van der Waals surface area (Å²) in [4.78, 5) is 21.8. The van der Waals surface area contributed by atoms with Gasteiger partial charge in [0, 0.05) is 0 Å². The van der Waals surface area contributed by atoms with Gasteiger partial charge in [-0.1, -0.05) is 29.0 Å². The molecule has 1 aromatic heterocycles. The molecule has 0 saturated heterocycles. The zero-order valence-corrected chi connectivity index (χ0v) is 9.01. The molecule has 7 heteroatoms. The minimum atomic E-state index is -1.06. The Hall–Kier alpha value is 0.306. The molecule has 0 unspecified atom stereocenters. The van der Waals surface area contributed by atoms with Gasteiger partial charge in [-0.25, -0.2) is 0 Å². The summed E-state index contributed by atoms with van der Waals surface area (Å²) < 4.78 is 1.87. The van der Waals surface area contributed by atoms with Gasteiger partial charge in [0.15, 0.2) is 0 Å². The topological polar surface area (TPSA) is 59.3 Å². The van der Waals surface area contributed by atoms with Gasteiger partial charge in [-0.15, -0.1) is 0 Å². The van der Waals surface area contributed by atoms with Crippen molar-refractivity contribution in [3.05, 3.63) is 32.9 Å². The van der Waals surface area contributed by atoms with E-state index in [1.807, 2.05) is 0 Å². The second-order valence-corrected chi connectivity index (χ2v) is 4.33. The van der Waals surface area contributed by atoms with Gasteiger partial charge in [0.1, 0.15) is 6.54 Å². The van der Waals surface area contributed by atoms with Crippen LogP contribution in [0.3, 0.4) is 0 Å². The number of hydrogen-bond acceptors (Lipinski definition) is 3. The SMILES string of the molecule is O=C(O)Cn1c(=O)sc2cccc(Cl)c21.[KH]. The molecule has 1 aromatic carbocycles. The molecule has 16 heavy (non-hydrogen) atoms. The van der Waals surface area contributed by atoms with E-state index < -0.39 is 5.97 Å². The van der Waals surface area contributed by atoms with Crippen LogP contribution < -0.4 is 4.87 Å². The van der Waals surface area contributed by atoms with Crippen LogP contribution in [-0.4, -0.2) is 67.0 Å². The molecule has 0 fully saturated rings. The fourth-order valence-corrected chi connectivity index (χ4v) is 2.61. The van der Waals surface area contributed by atoms with Crippen molar-refractivity contribution in [2.75, 3.05) is 0 Å². The Morgan fingerprint density at radius 2 is 2.19 bits per heavy atom. The van der Waals surface area contributed by atoms with Crippen LogP contribution in [0, 0.1) is 0 Å². The first-order valence-corrected chi connectivity index (χ1v) is 5.28. The van der Waals surface area contributed by atoms with Crippen LogP contribution in [0.1, 0.15) is 0 Å². The summed E-state index contributed by atoms with van der Waals surface area (Å²) in [5, 5.41) is 9.06. The number of benzene rings is 1. The maximum absolute atomic E-state index is 11.5. The average molecular weight is 284 g/mol. The summed E-state index contributed by atoms with van der Waals surface area (Å²) in [6, 6.07) is 5.10. The predicted octanol–water partition coefficient (Wildman–Crippen LogP) is 1.15. The van der Waals surface area contributed by atoms with Gasteiger partial charge in [-0.2, -0.15) is 0 Å². The number of carbonyl (C=O) groups is 1. The van der Waals surface area contributed by atoms with Crippen LogP contribution in [-0.2, 0) is 11.3 Å². The van der Waals surface area contributed by atoms with Crippen molar-refractivity contribution in [2.45, 2.75) is 6.54 Å². The predicted molar refractivity (Wildman–Crippen MR) is 65.9 cm³/mol. The fourth-order valence-electron chi connectivity index (χ4n) is 1.36. The van der Waals surface area contributed by atoms with Crippen LogP contribution in [0.4, 0.5) is 0 Å². The third kappa shape index (κ3) is 2.76. The molecule has 0 bridgehead atoms. The number of carboxylic acid groups (broad SMARTS) is 1. The van der Waals surface area contributed by atoms with Crippen LogP contribution >= 0.6 is 22.9 Å². The van der Waals surface area contributed by atoms with Crippen molar-refractivity contribution in [3.63, 3.8) is 0 Å². The number of hydrogen-bond donors (Lipinski definition) is 1. The molecule has 2 rings (SSSR count). The van der Waals surface area contributed by atoms with Crippen molar-refractivity contribution in [3.8, 4) is 0 Å². The van der Waals surface area contributed by atoms with E-state index in [1.165, 1.54) is 4.57 Å². The third-order valence-electron chi connectivity index (χ3n) is 1.93. The van der Waals surface area contributed by atoms with Gasteiger partial charge < -0.3 is 5.11 Å². The van der Waals surface area contributed by atoms with Crippen molar-refractivity contribution in [1.29, 1.82) is 0 Å². The van der Waals surface area contributed by atoms with Crippen molar-refractivity contribution >= 4 is 90.5 Å². The quantitative estimate of drug-likeness (QED) is 0.841. The van der Waals surface area contributed by atoms with Gasteiger partial charge in [0.05, 0.1) is 15.2 Å². The Morgan fingerprint density at radius 3 is 2.81 bits per heavy atom. The molecule has 1 N–H and O–H groups in total. The number of thiazole rings is 1. The first-order chi connectivity index (χ1) is 7.09. The number of carboxylic acids is 1. The number of aromatic nitrogens is 1. The van der Waals surface area contributed by atoms with Crippen LogP contribution in [0.2, 0.25) is 5.02 Å². The second-order valence-electron chi connectivity index (χ2n) is 2.93. The molecule has 80 valence electrons. The van der Waals surface area contributed by atoms with Crippen molar-refractivity contribution < 1.29 is 9.90 Å². The zero-order valence-electron chi connectivity index (χ0n) is 7.44. The fraction of sp³-hybridized carbons (Fsp3) is 0.111. The van der Waals surface area contributed by atoms with Gasteiger partial charge in [-0.05, 0) is 12.1 Å². The van der Waals surface area contributed by atoms with Gasteiger partial charge in [0.2, 0.25) is 0 Å². The van der Waals surface area contributed by atoms with Gasteiger partial charge >= 0.3 is 62.2 Å². The molecular formula is C9H7ClKNO3S. The standard InChI is InChI=1S/C9H6ClNO3S.K.H/c10-5-2-1-3-6-8(5)11(4-7(12)13)9(14)15-6;;/h1-3H,4H2,(H,12,13);;. The first-order valence-electron chi connectivity index (χ1n) is 4.09. The van der Waals surface area contributed by atoms with E-state index in [2.05, 4.69) is 0 Å². The molecular weight excluding hydrogens is 277 g/mol. The Balaban J connectivity index is 0.00000128. The van der Waals surface area contributed by atoms with Crippen LogP contribution in [0.5, 0.6) is 0 Å². The molecule has 4 nitrogen and oxygen atoms in total. The number of nitrogens with zero attached hydrogens (tertiary/aromatic N) is 1. The summed E-state index contributed by atoms with van der Waals surface area (Å²) in [5.74, 6) is -1.06. The summed E-state index contributed by atoms with van der Waals surface area (Å²) in [6.07, 6.45) is 0. The molecule has 2 aromatic rings. The summed E-state index contributed by atoms with van der Waals surface area (Å²) in [6.45, 7) is -0.359. The van der Waals surface area contributed by atoms with E-state index in [0.29, 0.717) is 15.2 Å². The molecule has 0 aliphatic carbocycles. The average Bonchev–Trinajstić information content (AvgIpc) is 2.43. The van der Waals surface area contributed by atoms with Crippen LogP contribution in [0.15, 0.2) is 23.0 Å². The Morgan fingerprint density at radius 1 is 1.50 bits per heavy atom. The Bertz CT molecular complexity index is 592. The summed E-state index contributed by atoms with van der Waals surface area (Å²) >= 11 is 6.91.